The van der Waals surface area contributed by atoms with Crippen molar-refractivity contribution in [1.82, 2.24) is 24.1 Å². The molecule has 6 heteroatoms. The molecule has 1 aliphatic rings. The first kappa shape index (κ1) is 16.3. The molecule has 4 aromatic rings. The molecule has 1 aromatic carbocycles. The van der Waals surface area contributed by atoms with Crippen LogP contribution in [0.4, 0.5) is 5.82 Å². The molecule has 0 bridgehead atoms. The van der Waals surface area contributed by atoms with Crippen molar-refractivity contribution in [3.8, 4) is 11.3 Å². The number of nitrogens with one attached hydrogen (secondary N) is 1. The number of aromatic nitrogens is 5. The van der Waals surface area contributed by atoms with Gasteiger partial charge in [-0.05, 0) is 37.3 Å². The largest absolute Gasteiger partial charge is 0.365 e. The summed E-state index contributed by atoms with van der Waals surface area (Å²) in [6, 6.07) is 11.3. The van der Waals surface area contributed by atoms with Gasteiger partial charge in [-0.15, -0.1) is 0 Å². The summed E-state index contributed by atoms with van der Waals surface area (Å²) in [5.74, 6) is 0.865. The fourth-order valence-electron chi connectivity index (χ4n) is 3.54. The normalized spacial score (nSPS) is 14.3. The average molecular weight is 360 g/mol. The van der Waals surface area contributed by atoms with Crippen molar-refractivity contribution in [2.75, 3.05) is 5.32 Å². The molecule has 3 aromatic heterocycles. The number of fused-ring (bicyclic) bond motifs is 3. The zero-order chi connectivity index (χ0) is 18.4. The maximum atomic E-state index is 4.87. The highest BCUT2D eigenvalue weighted by atomic mass is 15.3. The Kier molecular flexibility index (Phi) is 3.85. The number of rotatable bonds is 6. The van der Waals surface area contributed by atoms with Crippen LogP contribution in [0.15, 0.2) is 36.7 Å². The van der Waals surface area contributed by atoms with Crippen LogP contribution >= 0.6 is 0 Å². The highest BCUT2D eigenvalue weighted by molar-refractivity contribution is 5.86. The first-order valence-electron chi connectivity index (χ1n) is 9.79. The molecule has 5 rings (SSSR count). The monoisotopic (exact) mass is 360 g/mol. The maximum absolute atomic E-state index is 4.87. The minimum absolute atomic E-state index is 0.530. The van der Waals surface area contributed by atoms with Gasteiger partial charge in [0.05, 0.1) is 12.0 Å². The number of benzene rings is 1. The molecule has 0 atom stereocenters. The molecule has 1 aliphatic carbocycles. The summed E-state index contributed by atoms with van der Waals surface area (Å²) in [5.41, 5.74) is 6.15. The Balaban J connectivity index is 1.62. The van der Waals surface area contributed by atoms with Gasteiger partial charge in [0.1, 0.15) is 0 Å². The van der Waals surface area contributed by atoms with Gasteiger partial charge in [-0.1, -0.05) is 31.5 Å². The van der Waals surface area contributed by atoms with Gasteiger partial charge in [-0.3, -0.25) is 0 Å². The third-order valence-electron chi connectivity index (χ3n) is 5.21. The van der Waals surface area contributed by atoms with Crippen molar-refractivity contribution >= 4 is 22.6 Å². The van der Waals surface area contributed by atoms with Crippen LogP contribution in [0.2, 0.25) is 0 Å². The highest BCUT2D eigenvalue weighted by Crippen LogP contribution is 2.30. The van der Waals surface area contributed by atoms with E-state index >= 15 is 0 Å². The van der Waals surface area contributed by atoms with E-state index in [9.17, 15) is 0 Å². The van der Waals surface area contributed by atoms with Crippen molar-refractivity contribution in [3.05, 3.63) is 42.2 Å². The van der Waals surface area contributed by atoms with E-state index < -0.39 is 0 Å². The molecule has 0 aliphatic heterocycles. The Morgan fingerprint density at radius 2 is 2.11 bits per heavy atom. The van der Waals surface area contributed by atoms with Crippen LogP contribution < -0.4 is 5.32 Å². The summed E-state index contributed by atoms with van der Waals surface area (Å²) in [6.07, 6.45) is 7.76. The van der Waals surface area contributed by atoms with Gasteiger partial charge in [0, 0.05) is 24.7 Å². The number of imidazole rings is 1. The lowest BCUT2D eigenvalue weighted by atomic mass is 10.0. The summed E-state index contributed by atoms with van der Waals surface area (Å²) in [6.45, 7) is 2.23. The molecule has 138 valence electrons. The van der Waals surface area contributed by atoms with Gasteiger partial charge in [0.2, 0.25) is 0 Å². The molecule has 0 saturated heterocycles. The van der Waals surface area contributed by atoms with Crippen molar-refractivity contribution in [2.45, 2.75) is 45.1 Å². The Bertz CT molecular complexity index is 1120. The summed E-state index contributed by atoms with van der Waals surface area (Å²) in [7, 11) is 2.00. The second kappa shape index (κ2) is 6.37. The molecule has 1 fully saturated rings. The number of hydrogen-bond donors (Lipinski definition) is 1. The molecule has 6 nitrogen and oxygen atoms in total. The van der Waals surface area contributed by atoms with Gasteiger partial charge in [0.15, 0.2) is 22.6 Å². The predicted octanol–water partition coefficient (Wildman–Crippen LogP) is 4.20. The van der Waals surface area contributed by atoms with E-state index in [1.165, 1.54) is 31.2 Å². The van der Waals surface area contributed by atoms with E-state index in [-0.39, 0.29) is 0 Å². The molecule has 0 spiro atoms. The van der Waals surface area contributed by atoms with Crippen molar-refractivity contribution in [2.24, 2.45) is 7.05 Å². The Labute approximate surface area is 158 Å². The van der Waals surface area contributed by atoms with Crippen LogP contribution in [-0.4, -0.2) is 30.2 Å². The molecule has 3 heterocycles. The summed E-state index contributed by atoms with van der Waals surface area (Å²) < 4.78 is 3.92. The molecular weight excluding hydrogens is 336 g/mol. The fraction of sp³-hybridized carbons (Fsp3) is 0.381. The molecule has 1 saturated carbocycles. The molecule has 0 unspecified atom stereocenters. The van der Waals surface area contributed by atoms with E-state index in [0.717, 1.165) is 40.3 Å². The van der Waals surface area contributed by atoms with Gasteiger partial charge in [-0.2, -0.15) is 9.61 Å². The lowest BCUT2D eigenvalue weighted by Crippen LogP contribution is -2.06. The van der Waals surface area contributed by atoms with Crippen molar-refractivity contribution in [3.63, 3.8) is 0 Å². The Morgan fingerprint density at radius 1 is 1.22 bits per heavy atom. The number of anilines is 1. The number of hydrogen-bond acceptors (Lipinski definition) is 4. The zero-order valence-electron chi connectivity index (χ0n) is 15.8. The Hall–Kier alpha value is -2.89. The van der Waals surface area contributed by atoms with Gasteiger partial charge < -0.3 is 9.88 Å². The van der Waals surface area contributed by atoms with Gasteiger partial charge >= 0.3 is 0 Å². The van der Waals surface area contributed by atoms with E-state index in [2.05, 4.69) is 47.6 Å². The van der Waals surface area contributed by atoms with Crippen LogP contribution in [0.5, 0.6) is 0 Å². The number of unbranched alkanes of at least 4 members (excludes halogenated alkanes) is 1. The van der Waals surface area contributed by atoms with E-state index in [4.69, 9.17) is 10.1 Å². The summed E-state index contributed by atoms with van der Waals surface area (Å²) in [5, 5.41) is 8.38. The van der Waals surface area contributed by atoms with Crippen LogP contribution in [0.25, 0.3) is 28.1 Å². The molecule has 0 amide bonds. The zero-order valence-corrected chi connectivity index (χ0v) is 15.8. The van der Waals surface area contributed by atoms with Crippen LogP contribution in [-0.2, 0) is 13.5 Å². The van der Waals surface area contributed by atoms with E-state index in [0.29, 0.717) is 6.04 Å². The van der Waals surface area contributed by atoms with Crippen LogP contribution in [0.1, 0.15) is 38.2 Å². The number of aryl methyl sites for hydroxylation is 2. The summed E-state index contributed by atoms with van der Waals surface area (Å²) >= 11 is 0. The molecule has 27 heavy (non-hydrogen) atoms. The number of nitrogens with zero attached hydrogens (tertiary/aromatic N) is 5. The van der Waals surface area contributed by atoms with Crippen LogP contribution in [0, 0.1) is 0 Å². The second-order valence-corrected chi connectivity index (χ2v) is 7.51. The minimum Gasteiger partial charge on any atom is -0.365 e. The van der Waals surface area contributed by atoms with Crippen molar-refractivity contribution in [1.29, 1.82) is 0 Å². The van der Waals surface area contributed by atoms with Gasteiger partial charge in [-0.25, -0.2) is 9.97 Å². The first-order valence-corrected chi connectivity index (χ1v) is 9.79. The third kappa shape index (κ3) is 2.95. The SMILES string of the molecule is CCCCc1cccc(-c2cc3nc(NC4CC4)c4ncn(C)c4n3n2)c1. The Morgan fingerprint density at radius 3 is 2.93 bits per heavy atom. The first-order chi connectivity index (χ1) is 13.2. The van der Waals surface area contributed by atoms with Crippen LogP contribution in [0.3, 0.4) is 0 Å². The van der Waals surface area contributed by atoms with E-state index in [1.807, 2.05) is 22.5 Å². The molecule has 1 N–H and O–H groups in total. The average Bonchev–Trinajstić information content (AvgIpc) is 3.25. The lowest BCUT2D eigenvalue weighted by molar-refractivity contribution is 0.795. The van der Waals surface area contributed by atoms with Crippen molar-refractivity contribution < 1.29 is 0 Å². The van der Waals surface area contributed by atoms with Gasteiger partial charge in [0.25, 0.3) is 0 Å². The lowest BCUT2D eigenvalue weighted by Gasteiger charge is -2.06. The minimum atomic E-state index is 0.530. The summed E-state index contributed by atoms with van der Waals surface area (Å²) in [4.78, 5) is 9.38. The topological polar surface area (TPSA) is 60.0 Å². The third-order valence-corrected chi connectivity index (χ3v) is 5.21. The highest BCUT2D eigenvalue weighted by Gasteiger charge is 2.24. The standard InChI is InChI=1S/C21H24N6/c1-3-4-6-14-7-5-8-15(11-14)17-12-18-24-20(23-16-9-10-16)19-21(27(18)25-17)26(2)13-22-19/h5,7-8,11-13,16H,3-4,6,9-10H2,1-2H3,(H,23,24). The smallest absolute Gasteiger partial charge is 0.167 e. The van der Waals surface area contributed by atoms with E-state index in [1.54, 1.807) is 0 Å². The predicted molar refractivity (Wildman–Crippen MR) is 108 cm³/mol. The quantitative estimate of drug-likeness (QED) is 0.560. The molecule has 0 radical (unpaired) electrons. The molecular formula is C21H24N6. The fourth-order valence-corrected chi connectivity index (χ4v) is 3.54. The maximum Gasteiger partial charge on any atom is 0.167 e. The second-order valence-electron chi connectivity index (χ2n) is 7.51.